The minimum atomic E-state index is 1.61. The Bertz CT molecular complexity index is 120. The molecule has 10 heavy (non-hydrogen) atoms. The highest BCUT2D eigenvalue weighted by molar-refractivity contribution is 5.54. The lowest BCUT2D eigenvalue weighted by Gasteiger charge is -1.80. The van der Waals surface area contributed by atoms with Crippen LogP contribution in [0.2, 0.25) is 0 Å². The molecule has 0 atom stereocenters. The third kappa shape index (κ3) is 6.75. The molecule has 0 aliphatic heterocycles. The van der Waals surface area contributed by atoms with Crippen molar-refractivity contribution < 1.29 is 0 Å². The van der Waals surface area contributed by atoms with Crippen molar-refractivity contribution in [2.45, 2.75) is 0 Å². The zero-order chi connectivity index (χ0) is 7.66. The summed E-state index contributed by atoms with van der Waals surface area (Å²) in [7, 11) is 3.65. The van der Waals surface area contributed by atoms with Crippen LogP contribution in [-0.2, 0) is 0 Å². The first-order chi connectivity index (χ1) is 4.91. The van der Waals surface area contributed by atoms with Crippen LogP contribution in [0, 0.1) is 0 Å². The van der Waals surface area contributed by atoms with Crippen LogP contribution in [0.25, 0.3) is 0 Å². The lowest BCUT2D eigenvalue weighted by Crippen LogP contribution is -1.99. The van der Waals surface area contributed by atoms with Crippen LogP contribution < -0.4 is 10.6 Å². The molecule has 3 nitrogen and oxygen atoms in total. The molecule has 0 bridgehead atoms. The molecule has 0 aromatic heterocycles. The van der Waals surface area contributed by atoms with E-state index in [0.29, 0.717) is 0 Å². The monoisotopic (exact) mass is 139 g/mol. The molecule has 3 heteroatoms. The highest BCUT2D eigenvalue weighted by Gasteiger charge is 1.60. The van der Waals surface area contributed by atoms with Gasteiger partial charge in [0, 0.05) is 20.3 Å². The number of allylic oxidation sites excluding steroid dienone is 2. The van der Waals surface area contributed by atoms with Gasteiger partial charge in [-0.2, -0.15) is 0 Å². The summed E-state index contributed by atoms with van der Waals surface area (Å²) in [6.45, 7) is 0. The van der Waals surface area contributed by atoms with Crippen LogP contribution >= 0.6 is 0 Å². The summed E-state index contributed by atoms with van der Waals surface area (Å²) in [6, 6.07) is 0. The highest BCUT2D eigenvalue weighted by Crippen LogP contribution is 1.73. The summed E-state index contributed by atoms with van der Waals surface area (Å²) >= 11 is 0. The molecule has 0 unspecified atom stereocenters. The number of nitrogens with zero attached hydrogens (tertiary/aromatic N) is 1. The molecule has 0 aliphatic carbocycles. The zero-order valence-corrected chi connectivity index (χ0v) is 6.33. The van der Waals surface area contributed by atoms with Crippen LogP contribution in [0.1, 0.15) is 0 Å². The smallest absolute Gasteiger partial charge is 0.0876 e. The molecule has 0 aromatic rings. The van der Waals surface area contributed by atoms with Crippen LogP contribution in [0.4, 0.5) is 0 Å². The van der Waals surface area contributed by atoms with Crippen molar-refractivity contribution in [1.82, 2.24) is 10.6 Å². The molecule has 0 amide bonds. The van der Waals surface area contributed by atoms with Crippen LogP contribution in [-0.4, -0.2) is 20.4 Å². The third-order valence-corrected chi connectivity index (χ3v) is 0.750. The summed E-state index contributed by atoms with van der Waals surface area (Å²) in [4.78, 5) is 3.87. The van der Waals surface area contributed by atoms with Crippen molar-refractivity contribution in [1.29, 1.82) is 0 Å². The molecule has 0 spiro atoms. The third-order valence-electron chi connectivity index (χ3n) is 0.750. The molecular weight excluding hydrogens is 126 g/mol. The molecule has 0 radical (unpaired) electrons. The summed E-state index contributed by atoms with van der Waals surface area (Å²) in [6.07, 6.45) is 8.84. The molecule has 56 valence electrons. The maximum atomic E-state index is 3.87. The SMILES string of the molecule is CN\C=C/C=C\N=C/NC. The van der Waals surface area contributed by atoms with E-state index in [1.54, 1.807) is 19.6 Å². The lowest BCUT2D eigenvalue weighted by atomic mass is 10.6. The minimum absolute atomic E-state index is 1.61. The number of rotatable bonds is 4. The quantitative estimate of drug-likeness (QED) is 0.337. The van der Waals surface area contributed by atoms with Gasteiger partial charge >= 0.3 is 0 Å². The number of nitrogens with one attached hydrogen (secondary N) is 2. The Kier molecular flexibility index (Phi) is 6.78. The molecule has 0 fully saturated rings. The fourth-order valence-corrected chi connectivity index (χ4v) is 0.369. The highest BCUT2D eigenvalue weighted by atomic mass is 14.9. The molecule has 0 saturated carbocycles. The van der Waals surface area contributed by atoms with Crippen LogP contribution in [0.15, 0.2) is 29.5 Å². The van der Waals surface area contributed by atoms with Gasteiger partial charge in [0.1, 0.15) is 0 Å². The second kappa shape index (κ2) is 7.75. The van der Waals surface area contributed by atoms with Gasteiger partial charge in [-0.15, -0.1) is 0 Å². The van der Waals surface area contributed by atoms with Crippen molar-refractivity contribution in [2.24, 2.45) is 4.99 Å². The van der Waals surface area contributed by atoms with E-state index in [0.717, 1.165) is 0 Å². The first kappa shape index (κ1) is 8.75. The van der Waals surface area contributed by atoms with Crippen molar-refractivity contribution >= 4 is 6.34 Å². The molecular formula is C7H13N3. The normalized spacial score (nSPS) is 11.8. The second-order valence-corrected chi connectivity index (χ2v) is 1.56. The largest absolute Gasteiger partial charge is 0.394 e. The van der Waals surface area contributed by atoms with Gasteiger partial charge in [0.2, 0.25) is 0 Å². The molecule has 2 N–H and O–H groups in total. The lowest BCUT2D eigenvalue weighted by molar-refractivity contribution is 1.10. The molecule has 0 aliphatic rings. The van der Waals surface area contributed by atoms with Crippen LogP contribution in [0.3, 0.4) is 0 Å². The van der Waals surface area contributed by atoms with Crippen molar-refractivity contribution in [3.05, 3.63) is 24.6 Å². The molecule has 0 saturated heterocycles. The maximum Gasteiger partial charge on any atom is 0.0876 e. The Morgan fingerprint density at radius 3 is 2.50 bits per heavy atom. The van der Waals surface area contributed by atoms with Crippen LogP contribution in [0.5, 0.6) is 0 Å². The number of hydrogen-bond donors (Lipinski definition) is 2. The first-order valence-corrected chi connectivity index (χ1v) is 3.09. The van der Waals surface area contributed by atoms with Gasteiger partial charge in [-0.1, -0.05) is 0 Å². The Morgan fingerprint density at radius 2 is 1.90 bits per heavy atom. The summed E-state index contributed by atoms with van der Waals surface area (Å²) in [5, 5.41) is 5.64. The fraction of sp³-hybridized carbons (Fsp3) is 0.286. The van der Waals surface area contributed by atoms with Gasteiger partial charge in [0.15, 0.2) is 0 Å². The van der Waals surface area contributed by atoms with Crippen molar-refractivity contribution in [2.75, 3.05) is 14.1 Å². The topological polar surface area (TPSA) is 36.4 Å². The number of hydrogen-bond acceptors (Lipinski definition) is 2. The average molecular weight is 139 g/mol. The van der Waals surface area contributed by atoms with E-state index in [4.69, 9.17) is 0 Å². The molecule has 0 rings (SSSR count). The van der Waals surface area contributed by atoms with Gasteiger partial charge in [0.25, 0.3) is 0 Å². The predicted octanol–water partition coefficient (Wildman–Crippen LogP) is 0.481. The Balaban J connectivity index is 3.37. The summed E-state index contributed by atoms with van der Waals surface area (Å²) in [5.74, 6) is 0. The van der Waals surface area contributed by atoms with Gasteiger partial charge in [-0.05, 0) is 18.4 Å². The minimum Gasteiger partial charge on any atom is -0.394 e. The molecule has 0 aromatic carbocycles. The van der Waals surface area contributed by atoms with E-state index in [2.05, 4.69) is 15.6 Å². The van der Waals surface area contributed by atoms with Gasteiger partial charge in [0.05, 0.1) is 6.34 Å². The van der Waals surface area contributed by atoms with E-state index in [9.17, 15) is 0 Å². The first-order valence-electron chi connectivity index (χ1n) is 3.09. The predicted molar refractivity (Wildman–Crippen MR) is 44.9 cm³/mol. The summed E-state index contributed by atoms with van der Waals surface area (Å²) < 4.78 is 0. The second-order valence-electron chi connectivity index (χ2n) is 1.56. The molecule has 0 heterocycles. The van der Waals surface area contributed by atoms with E-state index >= 15 is 0 Å². The summed E-state index contributed by atoms with van der Waals surface area (Å²) in [5.41, 5.74) is 0. The van der Waals surface area contributed by atoms with Gasteiger partial charge in [-0.3, -0.25) is 0 Å². The fourth-order valence-electron chi connectivity index (χ4n) is 0.369. The van der Waals surface area contributed by atoms with Crippen molar-refractivity contribution in [3.8, 4) is 0 Å². The zero-order valence-electron chi connectivity index (χ0n) is 6.33. The van der Waals surface area contributed by atoms with Gasteiger partial charge < -0.3 is 10.6 Å². The average Bonchev–Trinajstić information content (AvgIpc) is 1.97. The van der Waals surface area contributed by atoms with Gasteiger partial charge in [-0.25, -0.2) is 4.99 Å². The van der Waals surface area contributed by atoms with E-state index in [1.165, 1.54) is 0 Å². The van der Waals surface area contributed by atoms with Crippen molar-refractivity contribution in [3.63, 3.8) is 0 Å². The Hall–Kier alpha value is -1.25. The Morgan fingerprint density at radius 1 is 1.10 bits per heavy atom. The standard InChI is InChI=1S/C7H13N3/c1-8-5-3-4-6-10-7-9-2/h3-8H,1-2H3,(H,9,10)/b5-3-,6-4-. The van der Waals surface area contributed by atoms with E-state index in [-0.39, 0.29) is 0 Å². The van der Waals surface area contributed by atoms with E-state index in [1.807, 2.05) is 25.4 Å². The Labute approximate surface area is 61.5 Å². The maximum absolute atomic E-state index is 3.87. The number of aliphatic imine (C=N–C) groups is 1. The van der Waals surface area contributed by atoms with E-state index < -0.39 is 0 Å².